The van der Waals surface area contributed by atoms with E-state index in [1.807, 2.05) is 6.07 Å². The third kappa shape index (κ3) is 4.85. The molecule has 100 valence electrons. The summed E-state index contributed by atoms with van der Waals surface area (Å²) in [5.41, 5.74) is 6.84. The number of rotatable bonds is 5. The van der Waals surface area contributed by atoms with Crippen LogP contribution in [0.1, 0.15) is 22.8 Å². The van der Waals surface area contributed by atoms with Crippen LogP contribution >= 0.6 is 0 Å². The maximum atomic E-state index is 11.9. The Morgan fingerprint density at radius 1 is 1.44 bits per heavy atom. The third-order valence-electron chi connectivity index (χ3n) is 2.36. The lowest BCUT2D eigenvalue weighted by Crippen LogP contribution is -2.37. The average Bonchev–Trinajstić information content (AvgIpc) is 2.26. The van der Waals surface area contributed by atoms with Gasteiger partial charge in [-0.3, -0.25) is 4.79 Å². The Morgan fingerprint density at radius 2 is 2.11 bits per heavy atom. The van der Waals surface area contributed by atoms with Crippen molar-refractivity contribution in [2.45, 2.75) is 19.5 Å². The van der Waals surface area contributed by atoms with Crippen LogP contribution < -0.4 is 11.1 Å². The summed E-state index contributed by atoms with van der Waals surface area (Å²) in [7, 11) is -3.10. The first-order valence-corrected chi connectivity index (χ1v) is 7.65. The summed E-state index contributed by atoms with van der Waals surface area (Å²) in [4.78, 5) is 11.9. The van der Waals surface area contributed by atoms with E-state index in [2.05, 4.69) is 5.32 Å². The summed E-state index contributed by atoms with van der Waals surface area (Å²) in [6, 6.07) is 6.52. The van der Waals surface area contributed by atoms with Crippen LogP contribution in [0.2, 0.25) is 0 Å². The molecule has 1 aromatic rings. The predicted octanol–water partition coefficient (Wildman–Crippen LogP) is 0.308. The topological polar surface area (TPSA) is 89.3 Å². The van der Waals surface area contributed by atoms with Crippen molar-refractivity contribution < 1.29 is 13.2 Å². The van der Waals surface area contributed by atoms with Gasteiger partial charge in [0.25, 0.3) is 5.91 Å². The summed E-state index contributed by atoms with van der Waals surface area (Å²) in [5.74, 6) is -0.364. The molecule has 1 aromatic carbocycles. The van der Waals surface area contributed by atoms with Crippen molar-refractivity contribution >= 4 is 15.7 Å². The molecule has 0 fully saturated rings. The largest absolute Gasteiger partial charge is 0.349 e. The van der Waals surface area contributed by atoms with Crippen LogP contribution in [0.15, 0.2) is 24.3 Å². The molecule has 6 heteroatoms. The first kappa shape index (κ1) is 14.7. The Kier molecular flexibility index (Phi) is 4.86. The van der Waals surface area contributed by atoms with Crippen molar-refractivity contribution in [2.24, 2.45) is 5.73 Å². The Morgan fingerprint density at radius 3 is 2.67 bits per heavy atom. The van der Waals surface area contributed by atoms with Gasteiger partial charge in [0.1, 0.15) is 9.84 Å². The minimum atomic E-state index is -3.10. The highest BCUT2D eigenvalue weighted by Gasteiger charge is 2.14. The molecule has 0 aliphatic rings. The molecule has 1 atom stereocenters. The minimum absolute atomic E-state index is 0.0741. The van der Waals surface area contributed by atoms with Gasteiger partial charge in [-0.25, -0.2) is 8.42 Å². The van der Waals surface area contributed by atoms with Crippen molar-refractivity contribution in [1.82, 2.24) is 5.32 Å². The van der Waals surface area contributed by atoms with Crippen LogP contribution in [0, 0.1) is 0 Å². The van der Waals surface area contributed by atoms with Crippen LogP contribution in [0.4, 0.5) is 0 Å². The van der Waals surface area contributed by atoms with Gasteiger partial charge >= 0.3 is 0 Å². The van der Waals surface area contributed by atoms with Gasteiger partial charge in [0.05, 0.1) is 5.75 Å². The van der Waals surface area contributed by atoms with Gasteiger partial charge in [0, 0.05) is 24.4 Å². The van der Waals surface area contributed by atoms with E-state index in [0.29, 0.717) is 12.1 Å². The second-order valence-corrected chi connectivity index (χ2v) is 6.56. The maximum Gasteiger partial charge on any atom is 0.251 e. The molecule has 0 heterocycles. The standard InChI is InChI=1S/C12H18N2O3S/c1-9(8-18(2,16)17)14-12(15)11-5-3-4-10(6-11)7-13/h3-6,9H,7-8,13H2,1-2H3,(H,14,15). The molecule has 0 saturated heterocycles. The van der Waals surface area contributed by atoms with Gasteiger partial charge in [-0.1, -0.05) is 12.1 Å². The molecule has 1 amide bonds. The lowest BCUT2D eigenvalue weighted by Gasteiger charge is -2.13. The Labute approximate surface area is 107 Å². The predicted molar refractivity (Wildman–Crippen MR) is 71.0 cm³/mol. The third-order valence-corrected chi connectivity index (χ3v) is 3.46. The first-order chi connectivity index (χ1) is 8.31. The quantitative estimate of drug-likeness (QED) is 0.805. The summed E-state index contributed by atoms with van der Waals surface area (Å²) < 4.78 is 22.2. The SMILES string of the molecule is CC(CS(C)(=O)=O)NC(=O)c1cccc(CN)c1. The van der Waals surface area contributed by atoms with Crippen molar-refractivity contribution in [1.29, 1.82) is 0 Å². The van der Waals surface area contributed by atoms with Gasteiger partial charge < -0.3 is 11.1 Å². The highest BCUT2D eigenvalue weighted by atomic mass is 32.2. The van der Waals surface area contributed by atoms with Crippen LogP contribution in [-0.2, 0) is 16.4 Å². The molecule has 0 radical (unpaired) electrons. The zero-order valence-electron chi connectivity index (χ0n) is 10.5. The summed E-state index contributed by atoms with van der Waals surface area (Å²) in [6.45, 7) is 2.02. The average molecular weight is 270 g/mol. The molecule has 1 rings (SSSR count). The molecule has 5 nitrogen and oxygen atoms in total. The molecule has 3 N–H and O–H groups in total. The van der Waals surface area contributed by atoms with Crippen molar-refractivity contribution in [3.63, 3.8) is 0 Å². The summed E-state index contributed by atoms with van der Waals surface area (Å²) in [6.07, 6.45) is 1.14. The number of hydrogen-bond donors (Lipinski definition) is 2. The highest BCUT2D eigenvalue weighted by molar-refractivity contribution is 7.90. The van der Waals surface area contributed by atoms with Crippen LogP contribution in [0.5, 0.6) is 0 Å². The number of nitrogens with one attached hydrogen (secondary N) is 1. The number of nitrogens with two attached hydrogens (primary N) is 1. The number of hydrogen-bond acceptors (Lipinski definition) is 4. The zero-order valence-corrected chi connectivity index (χ0v) is 11.3. The number of carbonyl (C=O) groups excluding carboxylic acids is 1. The second-order valence-electron chi connectivity index (χ2n) is 4.37. The lowest BCUT2D eigenvalue weighted by atomic mass is 10.1. The Balaban J connectivity index is 2.70. The van der Waals surface area contributed by atoms with Gasteiger partial charge in [-0.05, 0) is 24.6 Å². The summed E-state index contributed by atoms with van der Waals surface area (Å²) in [5, 5.41) is 2.65. The van der Waals surface area contributed by atoms with E-state index < -0.39 is 15.9 Å². The van der Waals surface area contributed by atoms with Gasteiger partial charge in [0.15, 0.2) is 0 Å². The number of sulfone groups is 1. The van der Waals surface area contributed by atoms with Gasteiger partial charge in [-0.15, -0.1) is 0 Å². The van der Waals surface area contributed by atoms with Crippen LogP contribution in [0.3, 0.4) is 0 Å². The molecular formula is C12H18N2O3S. The van der Waals surface area contributed by atoms with Crippen molar-refractivity contribution in [3.8, 4) is 0 Å². The van der Waals surface area contributed by atoms with E-state index in [0.717, 1.165) is 11.8 Å². The molecule has 0 aliphatic heterocycles. The minimum Gasteiger partial charge on any atom is -0.349 e. The molecule has 1 unspecified atom stereocenters. The van der Waals surface area contributed by atoms with Gasteiger partial charge in [0.2, 0.25) is 0 Å². The fourth-order valence-electron chi connectivity index (χ4n) is 1.64. The molecule has 0 saturated carbocycles. The second kappa shape index (κ2) is 5.97. The van der Waals surface area contributed by atoms with Gasteiger partial charge in [-0.2, -0.15) is 0 Å². The van der Waals surface area contributed by atoms with E-state index >= 15 is 0 Å². The monoisotopic (exact) mass is 270 g/mol. The molecule has 18 heavy (non-hydrogen) atoms. The highest BCUT2D eigenvalue weighted by Crippen LogP contribution is 2.05. The molecule has 0 aliphatic carbocycles. The lowest BCUT2D eigenvalue weighted by molar-refractivity contribution is 0.0943. The molecule has 0 spiro atoms. The zero-order chi connectivity index (χ0) is 13.8. The molecule has 0 bridgehead atoms. The van der Waals surface area contributed by atoms with Crippen LogP contribution in [-0.4, -0.2) is 32.4 Å². The van der Waals surface area contributed by atoms with Crippen LogP contribution in [0.25, 0.3) is 0 Å². The fourth-order valence-corrected chi connectivity index (χ4v) is 2.63. The number of carbonyl (C=O) groups is 1. The smallest absolute Gasteiger partial charge is 0.251 e. The normalized spacial score (nSPS) is 13.1. The van der Waals surface area contributed by atoms with Crippen molar-refractivity contribution in [3.05, 3.63) is 35.4 Å². The Bertz CT molecular complexity index is 526. The van der Waals surface area contributed by atoms with E-state index in [1.165, 1.54) is 0 Å². The van der Waals surface area contributed by atoms with Crippen molar-refractivity contribution in [2.75, 3.05) is 12.0 Å². The maximum absolute atomic E-state index is 11.9. The fraction of sp³-hybridized carbons (Fsp3) is 0.417. The van der Waals surface area contributed by atoms with E-state index in [-0.39, 0.29) is 11.7 Å². The van der Waals surface area contributed by atoms with E-state index in [9.17, 15) is 13.2 Å². The Hall–Kier alpha value is -1.40. The molecular weight excluding hydrogens is 252 g/mol. The summed E-state index contributed by atoms with van der Waals surface area (Å²) >= 11 is 0. The van der Waals surface area contributed by atoms with E-state index in [1.54, 1.807) is 25.1 Å². The number of amides is 1. The first-order valence-electron chi connectivity index (χ1n) is 5.59. The van der Waals surface area contributed by atoms with E-state index in [4.69, 9.17) is 5.73 Å². The molecule has 0 aromatic heterocycles. The number of benzene rings is 1.